The van der Waals surface area contributed by atoms with Gasteiger partial charge < -0.3 is 19.4 Å². The van der Waals surface area contributed by atoms with E-state index in [0.29, 0.717) is 44.3 Å². The summed E-state index contributed by atoms with van der Waals surface area (Å²) in [6.45, 7) is 6.66. The summed E-state index contributed by atoms with van der Waals surface area (Å²) in [7, 11) is 0. The lowest BCUT2D eigenvalue weighted by Gasteiger charge is -2.34. The van der Waals surface area contributed by atoms with E-state index in [-0.39, 0.29) is 18.0 Å². The Morgan fingerprint density at radius 2 is 1.86 bits per heavy atom. The predicted octanol–water partition coefficient (Wildman–Crippen LogP) is 2.35. The number of piperazine rings is 1. The van der Waals surface area contributed by atoms with Crippen LogP contribution in [0.1, 0.15) is 29.9 Å². The van der Waals surface area contributed by atoms with Crippen molar-refractivity contribution in [3.63, 3.8) is 0 Å². The number of benzene rings is 1. The maximum atomic E-state index is 13.0. The average molecular weight is 395 g/mol. The molecule has 2 aliphatic heterocycles. The Balaban J connectivity index is 1.42. The van der Waals surface area contributed by atoms with E-state index in [2.05, 4.69) is 20.9 Å². The van der Waals surface area contributed by atoms with E-state index >= 15 is 0 Å². The standard InChI is InChI=1S/C21H25N5O3/c1-3-29-21(28)25-10-8-24(9-11-25)19-14-22-17(13-23-19)20(27)26-15(2)12-16-6-4-5-7-18(16)26/h4-7,13-15H,3,8-12H2,1-2H3. The van der Waals surface area contributed by atoms with Gasteiger partial charge >= 0.3 is 6.09 Å². The Morgan fingerprint density at radius 1 is 1.10 bits per heavy atom. The molecule has 2 aliphatic rings. The van der Waals surface area contributed by atoms with Crippen LogP contribution >= 0.6 is 0 Å². The van der Waals surface area contributed by atoms with Crippen molar-refractivity contribution < 1.29 is 14.3 Å². The second kappa shape index (κ2) is 8.06. The lowest BCUT2D eigenvalue weighted by molar-refractivity contribution is 0.0975. The van der Waals surface area contributed by atoms with Gasteiger partial charge in [0, 0.05) is 37.9 Å². The van der Waals surface area contributed by atoms with Gasteiger partial charge in [-0.2, -0.15) is 0 Å². The molecule has 8 nitrogen and oxygen atoms in total. The number of amides is 2. The van der Waals surface area contributed by atoms with Crippen LogP contribution in [-0.2, 0) is 11.2 Å². The molecule has 0 saturated carbocycles. The van der Waals surface area contributed by atoms with Crippen LogP contribution in [0.2, 0.25) is 0 Å². The van der Waals surface area contributed by atoms with E-state index in [0.717, 1.165) is 12.1 Å². The third kappa shape index (κ3) is 3.74. The van der Waals surface area contributed by atoms with Crippen LogP contribution in [0.15, 0.2) is 36.7 Å². The maximum Gasteiger partial charge on any atom is 0.409 e. The van der Waals surface area contributed by atoms with Gasteiger partial charge in [-0.05, 0) is 31.9 Å². The zero-order chi connectivity index (χ0) is 20.4. The molecule has 8 heteroatoms. The van der Waals surface area contributed by atoms with E-state index in [4.69, 9.17) is 4.74 Å². The summed E-state index contributed by atoms with van der Waals surface area (Å²) in [6, 6.07) is 8.07. The van der Waals surface area contributed by atoms with Crippen LogP contribution in [-0.4, -0.2) is 65.7 Å². The highest BCUT2D eigenvalue weighted by atomic mass is 16.6. The Kier molecular flexibility index (Phi) is 5.33. The average Bonchev–Trinajstić information content (AvgIpc) is 3.09. The molecule has 1 unspecified atom stereocenters. The first kappa shape index (κ1) is 19.2. The molecule has 1 fully saturated rings. The number of carbonyl (C=O) groups excluding carboxylic acids is 2. The van der Waals surface area contributed by atoms with Gasteiger partial charge in [0.25, 0.3) is 5.91 Å². The van der Waals surface area contributed by atoms with E-state index in [1.807, 2.05) is 25.1 Å². The van der Waals surface area contributed by atoms with Crippen molar-refractivity contribution in [2.45, 2.75) is 26.3 Å². The van der Waals surface area contributed by atoms with Crippen LogP contribution in [0, 0.1) is 0 Å². The Morgan fingerprint density at radius 3 is 2.55 bits per heavy atom. The van der Waals surface area contributed by atoms with Gasteiger partial charge in [-0.15, -0.1) is 0 Å². The minimum atomic E-state index is -0.279. The van der Waals surface area contributed by atoms with E-state index < -0.39 is 0 Å². The molecule has 1 saturated heterocycles. The Labute approximate surface area is 170 Å². The third-order valence-corrected chi connectivity index (χ3v) is 5.41. The number of anilines is 2. The predicted molar refractivity (Wildman–Crippen MR) is 109 cm³/mol. The molecule has 0 aliphatic carbocycles. The van der Waals surface area contributed by atoms with Crippen LogP contribution < -0.4 is 9.80 Å². The van der Waals surface area contributed by atoms with Crippen molar-refractivity contribution in [3.05, 3.63) is 47.9 Å². The van der Waals surface area contributed by atoms with E-state index in [9.17, 15) is 9.59 Å². The summed E-state index contributed by atoms with van der Waals surface area (Å²) < 4.78 is 5.05. The lowest BCUT2D eigenvalue weighted by atomic mass is 10.1. The number of para-hydroxylation sites is 1. The fourth-order valence-electron chi connectivity index (χ4n) is 3.93. The van der Waals surface area contributed by atoms with Crippen LogP contribution in [0.5, 0.6) is 0 Å². The van der Waals surface area contributed by atoms with Crippen molar-refractivity contribution in [1.29, 1.82) is 0 Å². The minimum absolute atomic E-state index is 0.0948. The molecule has 0 radical (unpaired) electrons. The molecule has 2 aromatic rings. The van der Waals surface area contributed by atoms with Crippen molar-refractivity contribution >= 4 is 23.5 Å². The van der Waals surface area contributed by atoms with Crippen LogP contribution in [0.4, 0.5) is 16.3 Å². The van der Waals surface area contributed by atoms with Crippen molar-refractivity contribution in [2.75, 3.05) is 42.6 Å². The smallest absolute Gasteiger partial charge is 0.409 e. The second-order valence-electron chi connectivity index (χ2n) is 7.29. The quantitative estimate of drug-likeness (QED) is 0.794. The summed E-state index contributed by atoms with van der Waals surface area (Å²) in [4.78, 5) is 39.3. The first-order valence-electron chi connectivity index (χ1n) is 9.98. The summed E-state index contributed by atoms with van der Waals surface area (Å²) >= 11 is 0. The second-order valence-corrected chi connectivity index (χ2v) is 7.29. The molecule has 152 valence electrons. The maximum absolute atomic E-state index is 13.0. The van der Waals surface area contributed by atoms with Gasteiger partial charge in [0.15, 0.2) is 0 Å². The number of hydrogen-bond acceptors (Lipinski definition) is 6. The highest BCUT2D eigenvalue weighted by Gasteiger charge is 2.32. The van der Waals surface area contributed by atoms with Crippen molar-refractivity contribution in [1.82, 2.24) is 14.9 Å². The number of fused-ring (bicyclic) bond motifs is 1. The molecule has 3 heterocycles. The number of aromatic nitrogens is 2. The van der Waals surface area contributed by atoms with Gasteiger partial charge in [0.1, 0.15) is 11.5 Å². The molecule has 0 bridgehead atoms. The summed E-state index contributed by atoms with van der Waals surface area (Å²) in [5.41, 5.74) is 2.46. The molecule has 1 aromatic carbocycles. The molecule has 4 rings (SSSR count). The summed E-state index contributed by atoms with van der Waals surface area (Å²) in [5, 5.41) is 0. The number of hydrogen-bond donors (Lipinski definition) is 0. The topological polar surface area (TPSA) is 78.9 Å². The number of rotatable bonds is 3. The van der Waals surface area contributed by atoms with Crippen molar-refractivity contribution in [2.24, 2.45) is 0 Å². The third-order valence-electron chi connectivity index (χ3n) is 5.41. The molecular formula is C21H25N5O3. The molecule has 1 aromatic heterocycles. The summed E-state index contributed by atoms with van der Waals surface area (Å²) in [5.74, 6) is 0.577. The van der Waals surface area contributed by atoms with E-state index in [1.54, 1.807) is 29.1 Å². The van der Waals surface area contributed by atoms with Crippen LogP contribution in [0.25, 0.3) is 0 Å². The number of nitrogens with zero attached hydrogens (tertiary/aromatic N) is 5. The van der Waals surface area contributed by atoms with Gasteiger partial charge in [0.2, 0.25) is 0 Å². The van der Waals surface area contributed by atoms with Crippen molar-refractivity contribution in [3.8, 4) is 0 Å². The van der Waals surface area contributed by atoms with E-state index in [1.165, 1.54) is 5.56 Å². The normalized spacial score (nSPS) is 18.6. The van der Waals surface area contributed by atoms with Gasteiger partial charge in [-0.3, -0.25) is 4.79 Å². The Hall–Kier alpha value is -3.16. The van der Waals surface area contributed by atoms with Gasteiger partial charge in [-0.1, -0.05) is 18.2 Å². The zero-order valence-corrected chi connectivity index (χ0v) is 16.7. The fourth-order valence-corrected chi connectivity index (χ4v) is 3.93. The first-order valence-corrected chi connectivity index (χ1v) is 9.98. The lowest BCUT2D eigenvalue weighted by Crippen LogP contribution is -2.49. The molecule has 29 heavy (non-hydrogen) atoms. The Bertz CT molecular complexity index is 893. The summed E-state index contributed by atoms with van der Waals surface area (Å²) in [6.07, 6.45) is 3.75. The first-order chi connectivity index (χ1) is 14.1. The largest absolute Gasteiger partial charge is 0.450 e. The fraction of sp³-hybridized carbons (Fsp3) is 0.429. The van der Waals surface area contributed by atoms with Gasteiger partial charge in [0.05, 0.1) is 19.0 Å². The zero-order valence-electron chi connectivity index (χ0n) is 16.7. The molecule has 0 N–H and O–H groups in total. The highest BCUT2D eigenvalue weighted by molar-refractivity contribution is 6.06. The molecule has 2 amide bonds. The minimum Gasteiger partial charge on any atom is -0.450 e. The molecule has 1 atom stereocenters. The van der Waals surface area contributed by atoms with Crippen LogP contribution in [0.3, 0.4) is 0 Å². The number of ether oxygens (including phenoxy) is 1. The molecule has 0 spiro atoms. The van der Waals surface area contributed by atoms with Gasteiger partial charge in [-0.25, -0.2) is 14.8 Å². The number of carbonyl (C=O) groups is 2. The SMILES string of the molecule is CCOC(=O)N1CCN(c2cnc(C(=O)N3c4ccccc4CC3C)cn2)CC1. The highest BCUT2D eigenvalue weighted by Crippen LogP contribution is 2.32. The monoisotopic (exact) mass is 395 g/mol. The molecular weight excluding hydrogens is 370 g/mol.